The molecule has 0 bridgehead atoms. The predicted molar refractivity (Wildman–Crippen MR) is 99.9 cm³/mol. The summed E-state index contributed by atoms with van der Waals surface area (Å²) in [6, 6.07) is 17.0. The van der Waals surface area contributed by atoms with Crippen LogP contribution in [0.2, 0.25) is 0 Å². The summed E-state index contributed by atoms with van der Waals surface area (Å²) in [7, 11) is 0. The normalized spacial score (nSPS) is 28.5. The Morgan fingerprint density at radius 3 is 2.76 bits per heavy atom. The quantitative estimate of drug-likeness (QED) is 0.841. The van der Waals surface area contributed by atoms with Crippen LogP contribution in [-0.4, -0.2) is 17.5 Å². The molecule has 2 nitrogen and oxygen atoms in total. The summed E-state index contributed by atoms with van der Waals surface area (Å²) in [4.78, 5) is 11.2. The third kappa shape index (κ3) is 3.04. The Balaban J connectivity index is 1.83. The van der Waals surface area contributed by atoms with Crippen molar-refractivity contribution in [2.75, 3.05) is 0 Å². The molecule has 2 aliphatic rings. The van der Waals surface area contributed by atoms with Crippen molar-refractivity contribution >= 4 is 6.29 Å². The first-order valence-electron chi connectivity index (χ1n) is 9.52. The third-order valence-corrected chi connectivity index (χ3v) is 6.42. The van der Waals surface area contributed by atoms with E-state index >= 15 is 0 Å². The molecule has 4 rings (SSSR count). The average molecular weight is 334 g/mol. The van der Waals surface area contributed by atoms with Gasteiger partial charge in [-0.15, -0.1) is 0 Å². The van der Waals surface area contributed by atoms with Crippen LogP contribution < -0.4 is 0 Å². The van der Waals surface area contributed by atoms with Gasteiger partial charge in [0.15, 0.2) is 0 Å². The van der Waals surface area contributed by atoms with Gasteiger partial charge in [-0.05, 0) is 73.6 Å². The molecule has 0 radical (unpaired) electrons. The molecule has 25 heavy (non-hydrogen) atoms. The van der Waals surface area contributed by atoms with Gasteiger partial charge in [-0.3, -0.25) is 4.79 Å². The van der Waals surface area contributed by atoms with Crippen LogP contribution in [0, 0.1) is 5.92 Å². The molecule has 2 heteroatoms. The number of carbonyl (C=O) groups is 1. The zero-order valence-electron chi connectivity index (χ0n) is 14.7. The molecule has 0 amide bonds. The Hall–Kier alpha value is -1.93. The van der Waals surface area contributed by atoms with Crippen molar-refractivity contribution in [1.82, 2.24) is 0 Å². The van der Waals surface area contributed by atoms with Crippen LogP contribution in [0.4, 0.5) is 0 Å². The number of aryl methyl sites for hydroxylation is 1. The molecule has 0 heterocycles. The molecule has 2 aliphatic carbocycles. The molecule has 2 aromatic carbocycles. The van der Waals surface area contributed by atoms with Crippen LogP contribution in [0.3, 0.4) is 0 Å². The van der Waals surface area contributed by atoms with E-state index in [0.717, 1.165) is 56.8 Å². The highest BCUT2D eigenvalue weighted by Gasteiger charge is 2.46. The highest BCUT2D eigenvalue weighted by atomic mass is 16.3. The van der Waals surface area contributed by atoms with Gasteiger partial charge >= 0.3 is 0 Å². The molecular formula is C23H26O2. The number of hydrogen-bond acceptors (Lipinski definition) is 2. The molecule has 1 saturated carbocycles. The molecule has 0 aliphatic heterocycles. The van der Waals surface area contributed by atoms with Crippen LogP contribution in [0.1, 0.15) is 59.2 Å². The lowest BCUT2D eigenvalue weighted by atomic mass is 9.58. The van der Waals surface area contributed by atoms with Gasteiger partial charge in [-0.25, -0.2) is 0 Å². The van der Waals surface area contributed by atoms with Crippen molar-refractivity contribution in [2.45, 2.75) is 56.5 Å². The lowest BCUT2D eigenvalue weighted by molar-refractivity contribution is 0.0468. The monoisotopic (exact) mass is 334 g/mol. The van der Waals surface area contributed by atoms with Gasteiger partial charge in [0.1, 0.15) is 6.29 Å². The maximum absolute atomic E-state index is 11.2. The summed E-state index contributed by atoms with van der Waals surface area (Å²) in [5.41, 5.74) is 5.02. The van der Waals surface area contributed by atoms with Crippen LogP contribution in [0.5, 0.6) is 0 Å². The van der Waals surface area contributed by atoms with E-state index in [2.05, 4.69) is 42.5 Å². The Bertz CT molecular complexity index is 752. The van der Waals surface area contributed by atoms with Crippen molar-refractivity contribution in [3.05, 3.63) is 70.8 Å². The van der Waals surface area contributed by atoms with Gasteiger partial charge in [0.2, 0.25) is 0 Å². The second-order valence-corrected chi connectivity index (χ2v) is 7.87. The van der Waals surface area contributed by atoms with Crippen molar-refractivity contribution in [3.63, 3.8) is 0 Å². The highest BCUT2D eigenvalue weighted by Crippen LogP contribution is 2.51. The van der Waals surface area contributed by atoms with E-state index in [-0.39, 0.29) is 11.5 Å². The first kappa shape index (κ1) is 16.5. The molecule has 1 N–H and O–H groups in total. The Kier molecular flexibility index (Phi) is 4.47. The van der Waals surface area contributed by atoms with Gasteiger partial charge in [0.25, 0.3) is 0 Å². The zero-order chi connectivity index (χ0) is 17.3. The minimum atomic E-state index is -0.162. The maximum atomic E-state index is 11.2. The Morgan fingerprint density at radius 2 is 1.96 bits per heavy atom. The SMILES string of the molecule is O=Cc1ccc2c(c1)CCCC1CC(O)CCC21Cc1ccccc1. The van der Waals surface area contributed by atoms with E-state index in [4.69, 9.17) is 0 Å². The first-order valence-corrected chi connectivity index (χ1v) is 9.52. The summed E-state index contributed by atoms with van der Waals surface area (Å²) in [6.07, 6.45) is 7.97. The van der Waals surface area contributed by atoms with Gasteiger partial charge in [-0.2, -0.15) is 0 Å². The minimum Gasteiger partial charge on any atom is -0.393 e. The number of hydrogen-bond donors (Lipinski definition) is 1. The summed E-state index contributed by atoms with van der Waals surface area (Å²) < 4.78 is 0. The first-order chi connectivity index (χ1) is 12.2. The molecule has 130 valence electrons. The molecule has 3 atom stereocenters. The number of aliphatic hydroxyl groups is 1. The molecule has 3 unspecified atom stereocenters. The van der Waals surface area contributed by atoms with Crippen LogP contribution in [0.25, 0.3) is 0 Å². The number of benzene rings is 2. The predicted octanol–water partition coefficient (Wildman–Crippen LogP) is 4.48. The fraction of sp³-hybridized carbons (Fsp3) is 0.435. The Labute approximate surface area is 149 Å². The number of rotatable bonds is 3. The van der Waals surface area contributed by atoms with Crippen molar-refractivity contribution in [3.8, 4) is 0 Å². The second-order valence-electron chi connectivity index (χ2n) is 7.87. The Morgan fingerprint density at radius 1 is 1.12 bits per heavy atom. The summed E-state index contributed by atoms with van der Waals surface area (Å²) in [6.45, 7) is 0. The number of aldehydes is 1. The van der Waals surface area contributed by atoms with Gasteiger partial charge in [0, 0.05) is 11.0 Å². The van der Waals surface area contributed by atoms with E-state index in [1.54, 1.807) is 0 Å². The van der Waals surface area contributed by atoms with Crippen molar-refractivity contribution in [1.29, 1.82) is 0 Å². The summed E-state index contributed by atoms with van der Waals surface area (Å²) in [5, 5.41) is 10.3. The summed E-state index contributed by atoms with van der Waals surface area (Å²) >= 11 is 0. The minimum absolute atomic E-state index is 0.0911. The number of fused-ring (bicyclic) bond motifs is 3. The molecule has 1 fully saturated rings. The lowest BCUT2D eigenvalue weighted by Gasteiger charge is -2.46. The van der Waals surface area contributed by atoms with Gasteiger partial charge in [0.05, 0.1) is 6.10 Å². The smallest absolute Gasteiger partial charge is 0.150 e. The van der Waals surface area contributed by atoms with E-state index in [1.165, 1.54) is 16.7 Å². The standard InChI is InChI=1S/C23H26O2/c24-16-18-9-10-22-19(13-18)7-4-8-20-14-21(25)11-12-23(20,22)15-17-5-2-1-3-6-17/h1-3,5-6,9-10,13,16,20-21,25H,4,7-8,11-12,14-15H2. The molecular weight excluding hydrogens is 308 g/mol. The molecule has 2 aromatic rings. The highest BCUT2D eigenvalue weighted by molar-refractivity contribution is 5.75. The van der Waals surface area contributed by atoms with Crippen LogP contribution >= 0.6 is 0 Å². The molecule has 0 spiro atoms. The van der Waals surface area contributed by atoms with E-state index in [9.17, 15) is 9.90 Å². The zero-order valence-corrected chi connectivity index (χ0v) is 14.7. The molecule has 0 aromatic heterocycles. The summed E-state index contributed by atoms with van der Waals surface area (Å²) in [5.74, 6) is 0.514. The van der Waals surface area contributed by atoms with Crippen molar-refractivity contribution in [2.24, 2.45) is 5.92 Å². The van der Waals surface area contributed by atoms with Crippen molar-refractivity contribution < 1.29 is 9.90 Å². The topological polar surface area (TPSA) is 37.3 Å². The van der Waals surface area contributed by atoms with Crippen LogP contribution in [-0.2, 0) is 18.3 Å². The van der Waals surface area contributed by atoms with E-state index < -0.39 is 0 Å². The van der Waals surface area contributed by atoms with Gasteiger partial charge in [-0.1, -0.05) is 42.5 Å². The second kappa shape index (κ2) is 6.76. The van der Waals surface area contributed by atoms with E-state index in [1.807, 2.05) is 6.07 Å². The van der Waals surface area contributed by atoms with Gasteiger partial charge < -0.3 is 5.11 Å². The number of carbonyl (C=O) groups excluding carboxylic acids is 1. The van der Waals surface area contributed by atoms with E-state index in [0.29, 0.717) is 5.92 Å². The largest absolute Gasteiger partial charge is 0.393 e. The fourth-order valence-corrected chi connectivity index (χ4v) is 5.26. The lowest BCUT2D eigenvalue weighted by Crippen LogP contribution is -2.43. The average Bonchev–Trinajstić information content (AvgIpc) is 2.79. The molecule has 0 saturated heterocycles. The fourth-order valence-electron chi connectivity index (χ4n) is 5.26. The van der Waals surface area contributed by atoms with Crippen LogP contribution in [0.15, 0.2) is 48.5 Å². The third-order valence-electron chi connectivity index (χ3n) is 6.42. The maximum Gasteiger partial charge on any atom is 0.150 e. The number of aliphatic hydroxyl groups excluding tert-OH is 1.